The number of Topliss-reactive ketones (excluding diaryl/α,β-unsaturated/α-hetero) is 1. The maximum absolute atomic E-state index is 12.3. The summed E-state index contributed by atoms with van der Waals surface area (Å²) in [7, 11) is 0. The van der Waals surface area contributed by atoms with Gasteiger partial charge in [-0.15, -0.1) is 0 Å². The number of ketones is 1. The zero-order chi connectivity index (χ0) is 13.4. The van der Waals surface area contributed by atoms with Gasteiger partial charge in [-0.05, 0) is 32.7 Å². The molecule has 102 valence electrons. The molecule has 4 rings (SSSR count). The summed E-state index contributed by atoms with van der Waals surface area (Å²) >= 11 is 0. The minimum atomic E-state index is -0.863. The highest BCUT2D eigenvalue weighted by Gasteiger charge is 2.71. The predicted molar refractivity (Wildman–Crippen MR) is 69.4 cm³/mol. The van der Waals surface area contributed by atoms with Gasteiger partial charge in [0.2, 0.25) is 0 Å². The molecule has 2 N–H and O–H groups in total. The average molecular weight is 261 g/mol. The van der Waals surface area contributed by atoms with Gasteiger partial charge in [-0.1, -0.05) is 12.2 Å². The Morgan fingerprint density at radius 3 is 3.05 bits per heavy atom. The smallest absolute Gasteiger partial charge is 0.174 e. The normalized spacial score (nSPS) is 48.1. The maximum Gasteiger partial charge on any atom is 0.174 e. The molecule has 4 aliphatic rings. The van der Waals surface area contributed by atoms with Crippen LogP contribution in [0.4, 0.5) is 0 Å². The van der Waals surface area contributed by atoms with E-state index in [1.807, 2.05) is 0 Å². The number of ether oxygens (including phenoxy) is 1. The van der Waals surface area contributed by atoms with E-state index in [4.69, 9.17) is 4.74 Å². The minimum Gasteiger partial charge on any atom is -0.482 e. The van der Waals surface area contributed by atoms with E-state index < -0.39 is 17.1 Å². The molecule has 0 amide bonds. The molecule has 2 bridgehead atoms. The number of rotatable bonds is 0. The van der Waals surface area contributed by atoms with Crippen molar-refractivity contribution in [2.75, 3.05) is 6.54 Å². The van der Waals surface area contributed by atoms with Crippen molar-refractivity contribution in [3.8, 4) is 0 Å². The Bertz CT molecular complexity index is 538. The van der Waals surface area contributed by atoms with Crippen LogP contribution in [0.15, 0.2) is 23.5 Å². The summed E-state index contributed by atoms with van der Waals surface area (Å²) in [5.74, 6) is 0.729. The van der Waals surface area contributed by atoms with Crippen LogP contribution in [0.25, 0.3) is 0 Å². The average Bonchev–Trinajstić information content (AvgIpc) is 2.64. The Morgan fingerprint density at radius 2 is 2.26 bits per heavy atom. The quantitative estimate of drug-likeness (QED) is 0.684. The topological polar surface area (TPSA) is 58.6 Å². The monoisotopic (exact) mass is 261 g/mol. The molecular weight excluding hydrogens is 242 g/mol. The fourth-order valence-electron chi connectivity index (χ4n) is 4.97. The van der Waals surface area contributed by atoms with Gasteiger partial charge < -0.3 is 15.2 Å². The minimum absolute atomic E-state index is 0.0371. The van der Waals surface area contributed by atoms with Gasteiger partial charge in [-0.2, -0.15) is 0 Å². The Hall–Kier alpha value is -1.13. The molecule has 19 heavy (non-hydrogen) atoms. The van der Waals surface area contributed by atoms with Crippen molar-refractivity contribution in [2.45, 2.75) is 50.4 Å². The van der Waals surface area contributed by atoms with Gasteiger partial charge in [0.15, 0.2) is 11.9 Å². The third kappa shape index (κ3) is 1.08. The number of allylic oxidation sites excluding steroid dienone is 1. The molecule has 3 fully saturated rings. The van der Waals surface area contributed by atoms with Gasteiger partial charge in [0, 0.05) is 18.0 Å². The zero-order valence-corrected chi connectivity index (χ0v) is 11.2. The zero-order valence-electron chi connectivity index (χ0n) is 11.2. The van der Waals surface area contributed by atoms with Crippen LogP contribution in [-0.2, 0) is 9.53 Å². The van der Waals surface area contributed by atoms with Crippen molar-refractivity contribution in [1.29, 1.82) is 0 Å². The second kappa shape index (κ2) is 3.30. The predicted octanol–water partition coefficient (Wildman–Crippen LogP) is 1.06. The molecule has 2 aliphatic heterocycles. The van der Waals surface area contributed by atoms with E-state index in [0.29, 0.717) is 18.6 Å². The summed E-state index contributed by atoms with van der Waals surface area (Å²) in [5, 5.41) is 14.8. The fraction of sp³-hybridized carbons (Fsp3) is 0.667. The molecule has 0 aromatic heterocycles. The number of carbonyl (C=O) groups excluding carboxylic acids is 1. The van der Waals surface area contributed by atoms with E-state index in [1.165, 1.54) is 5.57 Å². The molecule has 1 spiro atoms. The second-order valence-electron chi connectivity index (χ2n) is 6.40. The summed E-state index contributed by atoms with van der Waals surface area (Å²) in [5.41, 5.74) is 0.838. The van der Waals surface area contributed by atoms with Gasteiger partial charge >= 0.3 is 0 Å². The highest BCUT2D eigenvalue weighted by molar-refractivity contribution is 5.88. The third-order valence-corrected chi connectivity index (χ3v) is 5.67. The first-order chi connectivity index (χ1) is 9.00. The van der Waals surface area contributed by atoms with Crippen LogP contribution in [-0.4, -0.2) is 35.2 Å². The number of piperidine rings is 1. The van der Waals surface area contributed by atoms with Crippen molar-refractivity contribution < 1.29 is 14.6 Å². The van der Waals surface area contributed by atoms with E-state index in [9.17, 15) is 9.90 Å². The van der Waals surface area contributed by atoms with Crippen LogP contribution in [0, 0.1) is 5.41 Å². The first-order valence-electron chi connectivity index (χ1n) is 7.05. The Kier molecular flexibility index (Phi) is 2.03. The number of carbonyl (C=O) groups is 1. The van der Waals surface area contributed by atoms with Crippen molar-refractivity contribution in [3.63, 3.8) is 0 Å². The number of hydrogen-bond donors (Lipinski definition) is 2. The molecule has 0 aromatic rings. The molecular formula is C15H19NO3. The van der Waals surface area contributed by atoms with Gasteiger partial charge in [-0.3, -0.25) is 4.79 Å². The van der Waals surface area contributed by atoms with Gasteiger partial charge in [0.25, 0.3) is 0 Å². The van der Waals surface area contributed by atoms with E-state index >= 15 is 0 Å². The van der Waals surface area contributed by atoms with Crippen molar-refractivity contribution in [1.82, 2.24) is 5.32 Å². The van der Waals surface area contributed by atoms with Gasteiger partial charge in [0.05, 0.1) is 11.0 Å². The molecule has 0 radical (unpaired) electrons. The first kappa shape index (κ1) is 11.7. The highest BCUT2D eigenvalue weighted by atomic mass is 16.5. The molecule has 0 aromatic carbocycles. The summed E-state index contributed by atoms with van der Waals surface area (Å²) in [6, 6.07) is 0.0371. The van der Waals surface area contributed by atoms with Crippen molar-refractivity contribution in [3.05, 3.63) is 23.5 Å². The second-order valence-corrected chi connectivity index (χ2v) is 6.40. The summed E-state index contributed by atoms with van der Waals surface area (Å²) < 4.78 is 5.81. The summed E-state index contributed by atoms with van der Waals surface area (Å²) in [4.78, 5) is 12.3. The Morgan fingerprint density at radius 1 is 1.47 bits per heavy atom. The number of aliphatic hydroxyl groups is 1. The molecule has 4 heteroatoms. The summed E-state index contributed by atoms with van der Waals surface area (Å²) in [6.45, 7) is 6.89. The van der Waals surface area contributed by atoms with Crippen LogP contribution in [0.3, 0.4) is 0 Å². The molecule has 4 unspecified atom stereocenters. The van der Waals surface area contributed by atoms with Gasteiger partial charge in [0.1, 0.15) is 5.76 Å². The third-order valence-electron chi connectivity index (χ3n) is 5.67. The standard InChI is InChI=1S/C15H19NO3/c1-8-7-11-15(18)4-3-10(17)13-14(15,5-6-16-11)12(8)9(2)19-13/h11,13,16,18H,2-7H2,1H3. The van der Waals surface area contributed by atoms with Crippen LogP contribution >= 0.6 is 0 Å². The highest BCUT2D eigenvalue weighted by Crippen LogP contribution is 2.64. The lowest BCUT2D eigenvalue weighted by atomic mass is 9.49. The lowest BCUT2D eigenvalue weighted by Crippen LogP contribution is -2.73. The molecule has 2 heterocycles. The van der Waals surface area contributed by atoms with Crippen LogP contribution in [0.5, 0.6) is 0 Å². The van der Waals surface area contributed by atoms with Crippen LogP contribution < -0.4 is 5.32 Å². The van der Waals surface area contributed by atoms with E-state index in [0.717, 1.165) is 25.0 Å². The molecule has 4 nitrogen and oxygen atoms in total. The van der Waals surface area contributed by atoms with Gasteiger partial charge in [-0.25, -0.2) is 0 Å². The molecule has 2 saturated heterocycles. The molecule has 4 atom stereocenters. The van der Waals surface area contributed by atoms with E-state index in [2.05, 4.69) is 18.8 Å². The van der Waals surface area contributed by atoms with E-state index in [1.54, 1.807) is 0 Å². The largest absolute Gasteiger partial charge is 0.482 e. The lowest BCUT2D eigenvalue weighted by Gasteiger charge is -2.59. The SMILES string of the molecule is C=C1OC2C(=O)CCC3(O)C4CC(C)=C1C23CCN4. The van der Waals surface area contributed by atoms with Crippen molar-refractivity contribution >= 4 is 5.78 Å². The number of nitrogens with one attached hydrogen (secondary N) is 1. The lowest BCUT2D eigenvalue weighted by molar-refractivity contribution is -0.182. The first-order valence-corrected chi connectivity index (χ1v) is 7.05. The molecule has 2 aliphatic carbocycles. The Balaban J connectivity index is 2.03. The molecule has 1 saturated carbocycles. The summed E-state index contributed by atoms with van der Waals surface area (Å²) in [6.07, 6.45) is 1.99. The van der Waals surface area contributed by atoms with Crippen LogP contribution in [0.1, 0.15) is 32.6 Å². The maximum atomic E-state index is 12.3. The number of hydrogen-bond acceptors (Lipinski definition) is 4. The van der Waals surface area contributed by atoms with Crippen LogP contribution in [0.2, 0.25) is 0 Å². The fourth-order valence-corrected chi connectivity index (χ4v) is 4.97. The van der Waals surface area contributed by atoms with Crippen molar-refractivity contribution in [2.24, 2.45) is 5.41 Å². The van der Waals surface area contributed by atoms with E-state index in [-0.39, 0.29) is 11.8 Å². The Labute approximate surface area is 112 Å².